The Kier molecular flexibility index (Phi) is 5.77. The Morgan fingerprint density at radius 2 is 1.78 bits per heavy atom. The van der Waals surface area contributed by atoms with Gasteiger partial charge in [0.05, 0.1) is 16.3 Å². The van der Waals surface area contributed by atoms with E-state index in [0.29, 0.717) is 29.2 Å². The number of fused-ring (bicyclic) bond motifs is 1. The molecule has 32 heavy (non-hydrogen) atoms. The molecule has 0 bridgehead atoms. The molecule has 0 saturated carbocycles. The van der Waals surface area contributed by atoms with Crippen LogP contribution in [0.25, 0.3) is 0 Å². The van der Waals surface area contributed by atoms with E-state index in [1.165, 1.54) is 12.1 Å². The van der Waals surface area contributed by atoms with Crippen LogP contribution >= 0.6 is 0 Å². The number of esters is 1. The Morgan fingerprint density at radius 1 is 1.09 bits per heavy atom. The van der Waals surface area contributed by atoms with Gasteiger partial charge in [0.2, 0.25) is 5.76 Å². The van der Waals surface area contributed by atoms with E-state index in [0.717, 1.165) is 35.2 Å². The third-order valence-electron chi connectivity index (χ3n) is 5.31. The van der Waals surface area contributed by atoms with E-state index in [4.69, 9.17) is 9.15 Å². The molecule has 8 nitrogen and oxygen atoms in total. The molecule has 1 aliphatic carbocycles. The Bertz CT molecular complexity index is 1200. The number of benzene rings is 2. The third kappa shape index (κ3) is 4.39. The summed E-state index contributed by atoms with van der Waals surface area (Å²) in [4.78, 5) is 23.2. The van der Waals surface area contributed by atoms with Crippen LogP contribution in [0, 0.1) is 30.9 Å². The number of hydrazone groups is 1. The smallest absolute Gasteiger partial charge is 0.379 e. The summed E-state index contributed by atoms with van der Waals surface area (Å²) in [6.07, 6.45) is 2.27. The number of nitrogens with zero attached hydrogens (tertiary/aromatic N) is 2. The molecule has 0 radical (unpaired) electrons. The van der Waals surface area contributed by atoms with Gasteiger partial charge in [-0.2, -0.15) is 5.10 Å². The number of aryl methyl sites for hydroxylation is 3. The van der Waals surface area contributed by atoms with Crippen molar-refractivity contribution in [1.82, 2.24) is 0 Å². The number of carbonyl (C=O) groups is 1. The summed E-state index contributed by atoms with van der Waals surface area (Å²) >= 11 is 0. The number of anilines is 1. The normalized spacial score (nSPS) is 14.2. The summed E-state index contributed by atoms with van der Waals surface area (Å²) in [6.45, 7) is 5.72. The van der Waals surface area contributed by atoms with Crippen molar-refractivity contribution in [2.45, 2.75) is 40.0 Å². The van der Waals surface area contributed by atoms with Crippen molar-refractivity contribution in [1.29, 1.82) is 0 Å². The van der Waals surface area contributed by atoms with Gasteiger partial charge in [-0.25, -0.2) is 4.79 Å². The number of rotatable bonds is 5. The minimum absolute atomic E-state index is 0.0146. The van der Waals surface area contributed by atoms with Crippen LogP contribution in [0.4, 0.5) is 11.4 Å². The lowest BCUT2D eigenvalue weighted by Crippen LogP contribution is -2.13. The number of nitro groups is 1. The van der Waals surface area contributed by atoms with Crippen molar-refractivity contribution >= 4 is 23.1 Å². The SMILES string of the molecule is Cc1cc(C)cc(OC(=O)c2oc3c(c2C)/C(=N/Nc2ccc([N+](=O)[O-])cc2)CCC3)c1. The number of nitro benzene ring substituents is 1. The van der Waals surface area contributed by atoms with Crippen LogP contribution < -0.4 is 10.2 Å². The van der Waals surface area contributed by atoms with Gasteiger partial charge in [0.25, 0.3) is 5.69 Å². The highest BCUT2D eigenvalue weighted by Crippen LogP contribution is 2.31. The average Bonchev–Trinajstić information content (AvgIpc) is 3.09. The number of hydrogen-bond acceptors (Lipinski definition) is 7. The van der Waals surface area contributed by atoms with Crippen LogP contribution in [0.5, 0.6) is 5.75 Å². The van der Waals surface area contributed by atoms with Crippen LogP contribution in [0.1, 0.15) is 51.4 Å². The van der Waals surface area contributed by atoms with Crippen molar-refractivity contribution in [2.75, 3.05) is 5.43 Å². The number of nitrogens with one attached hydrogen (secondary N) is 1. The molecule has 3 aromatic rings. The first kappa shape index (κ1) is 21.3. The van der Waals surface area contributed by atoms with E-state index in [2.05, 4.69) is 10.5 Å². The quantitative estimate of drug-likeness (QED) is 0.247. The molecule has 8 heteroatoms. The van der Waals surface area contributed by atoms with Crippen LogP contribution in [0.2, 0.25) is 0 Å². The molecule has 1 aromatic heterocycles. The van der Waals surface area contributed by atoms with Gasteiger partial charge in [0.1, 0.15) is 11.5 Å². The summed E-state index contributed by atoms with van der Waals surface area (Å²) in [5, 5.41) is 15.3. The Morgan fingerprint density at radius 3 is 2.44 bits per heavy atom. The van der Waals surface area contributed by atoms with Crippen LogP contribution in [0.15, 0.2) is 52.0 Å². The first-order chi connectivity index (χ1) is 15.3. The van der Waals surface area contributed by atoms with Crippen molar-refractivity contribution in [3.8, 4) is 5.75 Å². The predicted molar refractivity (Wildman–Crippen MR) is 121 cm³/mol. The number of non-ortho nitro benzene ring substituents is 1. The number of hydrogen-bond donors (Lipinski definition) is 1. The fourth-order valence-electron chi connectivity index (χ4n) is 3.91. The highest BCUT2D eigenvalue weighted by Gasteiger charge is 2.29. The van der Waals surface area contributed by atoms with Crippen LogP contribution in [0.3, 0.4) is 0 Å². The minimum atomic E-state index is -0.537. The molecule has 0 fully saturated rings. The molecule has 0 atom stereocenters. The zero-order valence-electron chi connectivity index (χ0n) is 18.1. The molecule has 2 aromatic carbocycles. The van der Waals surface area contributed by atoms with Gasteiger partial charge in [0.15, 0.2) is 0 Å². The maximum absolute atomic E-state index is 12.8. The molecule has 0 saturated heterocycles. The van der Waals surface area contributed by atoms with Gasteiger partial charge >= 0.3 is 5.97 Å². The van der Waals surface area contributed by atoms with Gasteiger partial charge in [-0.1, -0.05) is 6.07 Å². The summed E-state index contributed by atoms with van der Waals surface area (Å²) in [5.74, 6) is 0.837. The molecule has 1 N–H and O–H groups in total. The zero-order chi connectivity index (χ0) is 22.8. The Hall–Kier alpha value is -3.94. The largest absolute Gasteiger partial charge is 0.453 e. The summed E-state index contributed by atoms with van der Waals surface area (Å²) in [7, 11) is 0. The molecule has 164 valence electrons. The second-order valence-corrected chi connectivity index (χ2v) is 7.90. The molecule has 0 amide bonds. The van der Waals surface area contributed by atoms with E-state index in [-0.39, 0.29) is 11.4 Å². The summed E-state index contributed by atoms with van der Waals surface area (Å²) in [6, 6.07) is 11.7. The first-order valence-electron chi connectivity index (χ1n) is 10.3. The highest BCUT2D eigenvalue weighted by molar-refractivity contribution is 6.06. The molecule has 1 aliphatic rings. The van der Waals surface area contributed by atoms with Crippen LogP contribution in [-0.2, 0) is 6.42 Å². The van der Waals surface area contributed by atoms with Crippen molar-refractivity contribution in [3.05, 3.63) is 86.4 Å². The minimum Gasteiger partial charge on any atom is -0.453 e. The average molecular weight is 433 g/mol. The van der Waals surface area contributed by atoms with E-state index >= 15 is 0 Å². The number of ether oxygens (including phenoxy) is 1. The van der Waals surface area contributed by atoms with E-state index in [1.54, 1.807) is 12.1 Å². The molecule has 0 unspecified atom stereocenters. The lowest BCUT2D eigenvalue weighted by molar-refractivity contribution is -0.384. The highest BCUT2D eigenvalue weighted by atomic mass is 16.6. The maximum Gasteiger partial charge on any atom is 0.379 e. The van der Waals surface area contributed by atoms with Gasteiger partial charge in [-0.15, -0.1) is 0 Å². The molecule has 4 rings (SSSR count). The van der Waals surface area contributed by atoms with Gasteiger partial charge in [0, 0.05) is 29.7 Å². The second-order valence-electron chi connectivity index (χ2n) is 7.90. The first-order valence-corrected chi connectivity index (χ1v) is 10.3. The van der Waals surface area contributed by atoms with Gasteiger partial charge in [-0.05, 0) is 69.0 Å². The van der Waals surface area contributed by atoms with E-state index < -0.39 is 10.9 Å². The van der Waals surface area contributed by atoms with Crippen molar-refractivity contribution in [2.24, 2.45) is 5.10 Å². The Labute approximate surface area is 185 Å². The standard InChI is InChI=1S/C24H23N3O5/c1-14-11-15(2)13-19(12-14)31-24(28)23-16(3)22-20(5-4-6-21(22)32-23)26-25-17-7-9-18(10-8-17)27(29)30/h7-13,25H,4-6H2,1-3H3/b26-20+. The third-order valence-corrected chi connectivity index (χ3v) is 5.31. The van der Waals surface area contributed by atoms with Crippen LogP contribution in [-0.4, -0.2) is 16.6 Å². The van der Waals surface area contributed by atoms with Gasteiger partial charge < -0.3 is 9.15 Å². The van der Waals surface area contributed by atoms with Crippen molar-refractivity contribution < 1.29 is 18.9 Å². The Balaban J connectivity index is 1.57. The summed E-state index contributed by atoms with van der Waals surface area (Å²) < 4.78 is 11.5. The fraction of sp³-hybridized carbons (Fsp3) is 0.250. The molecular formula is C24H23N3O5. The topological polar surface area (TPSA) is 107 Å². The molecule has 0 spiro atoms. The van der Waals surface area contributed by atoms with E-state index in [9.17, 15) is 14.9 Å². The van der Waals surface area contributed by atoms with Crippen molar-refractivity contribution in [3.63, 3.8) is 0 Å². The van der Waals surface area contributed by atoms with E-state index in [1.807, 2.05) is 39.0 Å². The summed E-state index contributed by atoms with van der Waals surface area (Å²) in [5.41, 5.74) is 7.90. The molecule has 1 heterocycles. The molecular weight excluding hydrogens is 410 g/mol. The number of carbonyl (C=O) groups excluding carboxylic acids is 1. The monoisotopic (exact) mass is 433 g/mol. The lowest BCUT2D eigenvalue weighted by atomic mass is 9.93. The fourth-order valence-corrected chi connectivity index (χ4v) is 3.91. The number of furan rings is 1. The zero-order valence-corrected chi connectivity index (χ0v) is 18.1. The molecule has 0 aliphatic heterocycles. The van der Waals surface area contributed by atoms with Gasteiger partial charge in [-0.3, -0.25) is 15.5 Å². The second kappa shape index (κ2) is 8.66. The predicted octanol–water partition coefficient (Wildman–Crippen LogP) is 5.48. The maximum atomic E-state index is 12.8. The lowest BCUT2D eigenvalue weighted by Gasteiger charge is -2.13.